The number of benzene rings is 1. The number of aliphatic hydroxyl groups excluding tert-OH is 1. The summed E-state index contributed by atoms with van der Waals surface area (Å²) in [6.07, 6.45) is 3.50. The fourth-order valence-electron chi connectivity index (χ4n) is 4.12. The third kappa shape index (κ3) is 5.09. The van der Waals surface area contributed by atoms with Gasteiger partial charge >= 0.3 is 0 Å². The van der Waals surface area contributed by atoms with Crippen molar-refractivity contribution in [2.75, 3.05) is 32.8 Å². The van der Waals surface area contributed by atoms with E-state index >= 15 is 0 Å². The number of amides is 2. The molecule has 0 radical (unpaired) electrons. The average molecular weight is 369 g/mol. The second-order valence-corrected chi connectivity index (χ2v) is 7.65. The summed E-state index contributed by atoms with van der Waals surface area (Å²) in [6.45, 7) is 3.44. The number of primary amides is 1. The van der Waals surface area contributed by atoms with Gasteiger partial charge in [0.15, 0.2) is 0 Å². The van der Waals surface area contributed by atoms with E-state index in [4.69, 9.17) is 10.8 Å². The lowest BCUT2D eigenvalue weighted by Gasteiger charge is -2.47. The van der Waals surface area contributed by atoms with Gasteiger partial charge in [0.25, 0.3) is 0 Å². The van der Waals surface area contributed by atoms with Crippen LogP contribution in [0.25, 0.3) is 0 Å². The number of rotatable bonds is 4. The molecule has 2 amide bonds. The second-order valence-electron chi connectivity index (χ2n) is 7.65. The lowest BCUT2D eigenvalue weighted by atomic mass is 9.72. The van der Waals surface area contributed by atoms with E-state index in [1.807, 2.05) is 12.1 Å². The van der Waals surface area contributed by atoms with E-state index in [9.17, 15) is 9.59 Å². The molecule has 6 nitrogen and oxygen atoms in total. The van der Waals surface area contributed by atoms with E-state index in [1.165, 1.54) is 5.56 Å². The molecule has 27 heavy (non-hydrogen) atoms. The summed E-state index contributed by atoms with van der Waals surface area (Å²) < 4.78 is 0. The van der Waals surface area contributed by atoms with Crippen molar-refractivity contribution in [1.29, 1.82) is 0 Å². The highest BCUT2D eigenvalue weighted by atomic mass is 16.2. The van der Waals surface area contributed by atoms with E-state index in [2.05, 4.69) is 28.9 Å². The van der Waals surface area contributed by atoms with Crippen molar-refractivity contribution in [2.45, 2.75) is 32.2 Å². The normalized spacial score (nSPS) is 19.6. The van der Waals surface area contributed by atoms with Crippen LogP contribution in [-0.4, -0.2) is 59.5 Å². The second kappa shape index (κ2) is 8.55. The number of hydrogen-bond acceptors (Lipinski definition) is 4. The van der Waals surface area contributed by atoms with Gasteiger partial charge in [-0.25, -0.2) is 0 Å². The summed E-state index contributed by atoms with van der Waals surface area (Å²) in [4.78, 5) is 27.3. The quantitative estimate of drug-likeness (QED) is 0.766. The minimum absolute atomic E-state index is 0.0375. The number of carbonyl (C=O) groups is 2. The van der Waals surface area contributed by atoms with Crippen molar-refractivity contribution in [3.8, 4) is 11.8 Å². The standard InChI is InChI=1S/C21H27N3O3/c22-19(26)15-24-16-21(8-7-20(24)27)9-11-23(12-10-21)14-18-5-3-17(4-6-18)2-1-13-25/h3-6,25H,7-16H2,(H2,22,26). The molecular weight excluding hydrogens is 342 g/mol. The molecule has 2 saturated heterocycles. The first kappa shape index (κ1) is 19.4. The molecule has 2 fully saturated rings. The molecule has 0 bridgehead atoms. The van der Waals surface area contributed by atoms with Gasteiger partial charge in [0, 0.05) is 25.1 Å². The first-order chi connectivity index (χ1) is 13.0. The van der Waals surface area contributed by atoms with Crippen molar-refractivity contribution in [2.24, 2.45) is 11.1 Å². The van der Waals surface area contributed by atoms with Crippen LogP contribution in [0.3, 0.4) is 0 Å². The van der Waals surface area contributed by atoms with Crippen molar-refractivity contribution < 1.29 is 14.7 Å². The molecule has 1 aromatic carbocycles. The summed E-state index contributed by atoms with van der Waals surface area (Å²) in [5, 5.41) is 8.75. The Morgan fingerprint density at radius 3 is 2.52 bits per heavy atom. The number of carbonyl (C=O) groups excluding carboxylic acids is 2. The average Bonchev–Trinajstić information content (AvgIpc) is 2.66. The van der Waals surface area contributed by atoms with Gasteiger partial charge in [-0.1, -0.05) is 24.0 Å². The van der Waals surface area contributed by atoms with Gasteiger partial charge in [-0.2, -0.15) is 0 Å². The molecule has 6 heteroatoms. The zero-order valence-electron chi connectivity index (χ0n) is 15.6. The molecule has 3 rings (SSSR count). The molecule has 1 spiro atoms. The molecule has 144 valence electrons. The van der Waals surface area contributed by atoms with Gasteiger partial charge in [-0.15, -0.1) is 0 Å². The molecule has 0 saturated carbocycles. The number of piperidine rings is 2. The Morgan fingerprint density at radius 2 is 1.89 bits per heavy atom. The highest BCUT2D eigenvalue weighted by molar-refractivity contribution is 5.84. The van der Waals surface area contributed by atoms with Gasteiger partial charge in [-0.3, -0.25) is 14.5 Å². The lowest BCUT2D eigenvalue weighted by molar-refractivity contribution is -0.142. The first-order valence-corrected chi connectivity index (χ1v) is 9.47. The van der Waals surface area contributed by atoms with Gasteiger partial charge in [0.2, 0.25) is 11.8 Å². The van der Waals surface area contributed by atoms with Crippen LogP contribution >= 0.6 is 0 Å². The molecule has 0 unspecified atom stereocenters. The third-order valence-electron chi connectivity index (χ3n) is 5.68. The molecule has 3 N–H and O–H groups in total. The largest absolute Gasteiger partial charge is 0.384 e. The maximum absolute atomic E-state index is 12.0. The van der Waals surface area contributed by atoms with Gasteiger partial charge in [0.1, 0.15) is 6.61 Å². The topological polar surface area (TPSA) is 86.9 Å². The molecule has 0 atom stereocenters. The summed E-state index contributed by atoms with van der Waals surface area (Å²) in [5.41, 5.74) is 7.57. The minimum atomic E-state index is -0.440. The van der Waals surface area contributed by atoms with E-state index in [0.29, 0.717) is 13.0 Å². The van der Waals surface area contributed by atoms with Crippen LogP contribution in [-0.2, 0) is 16.1 Å². The van der Waals surface area contributed by atoms with E-state index < -0.39 is 5.91 Å². The van der Waals surface area contributed by atoms with Crippen molar-refractivity contribution in [1.82, 2.24) is 9.80 Å². The summed E-state index contributed by atoms with van der Waals surface area (Å²) >= 11 is 0. The number of nitrogens with two attached hydrogens (primary N) is 1. The number of likely N-dealkylation sites (tertiary alicyclic amines) is 2. The van der Waals surface area contributed by atoms with Crippen LogP contribution in [0.1, 0.15) is 36.8 Å². The lowest BCUT2D eigenvalue weighted by Crippen LogP contribution is -2.53. The van der Waals surface area contributed by atoms with E-state index in [1.54, 1.807) is 4.90 Å². The Hall–Kier alpha value is -2.36. The van der Waals surface area contributed by atoms with Gasteiger partial charge in [0.05, 0.1) is 6.54 Å². The number of aliphatic hydroxyl groups is 1. The summed E-state index contributed by atoms with van der Waals surface area (Å²) in [7, 11) is 0. The fraction of sp³-hybridized carbons (Fsp3) is 0.524. The zero-order valence-corrected chi connectivity index (χ0v) is 15.6. The van der Waals surface area contributed by atoms with Gasteiger partial charge in [-0.05, 0) is 55.5 Å². The maximum atomic E-state index is 12.0. The molecule has 1 aromatic rings. The van der Waals surface area contributed by atoms with Crippen LogP contribution in [0.2, 0.25) is 0 Å². The predicted molar refractivity (Wildman–Crippen MR) is 102 cm³/mol. The first-order valence-electron chi connectivity index (χ1n) is 9.47. The smallest absolute Gasteiger partial charge is 0.237 e. The molecular formula is C21H27N3O3. The Morgan fingerprint density at radius 1 is 1.19 bits per heavy atom. The molecule has 2 aliphatic rings. The van der Waals surface area contributed by atoms with Crippen molar-refractivity contribution >= 4 is 11.8 Å². The van der Waals surface area contributed by atoms with Crippen molar-refractivity contribution in [3.63, 3.8) is 0 Å². The van der Waals surface area contributed by atoms with Crippen LogP contribution < -0.4 is 5.73 Å². The van der Waals surface area contributed by atoms with Gasteiger partial charge < -0.3 is 15.7 Å². The number of hydrogen-bond donors (Lipinski definition) is 2. The highest BCUT2D eigenvalue weighted by Gasteiger charge is 2.41. The van der Waals surface area contributed by atoms with Crippen molar-refractivity contribution in [3.05, 3.63) is 35.4 Å². The summed E-state index contributed by atoms with van der Waals surface area (Å²) in [6, 6.07) is 8.13. The Labute approximate surface area is 160 Å². The predicted octanol–water partition coefficient (Wildman–Crippen LogP) is 0.720. The zero-order chi connectivity index (χ0) is 19.3. The Kier molecular flexibility index (Phi) is 6.15. The SMILES string of the molecule is NC(=O)CN1CC2(CCC1=O)CCN(Cc1ccc(C#CCO)cc1)CC2. The monoisotopic (exact) mass is 369 g/mol. The van der Waals surface area contributed by atoms with Crippen LogP contribution in [0, 0.1) is 17.3 Å². The highest BCUT2D eigenvalue weighted by Crippen LogP contribution is 2.40. The minimum Gasteiger partial charge on any atom is -0.384 e. The van der Waals surface area contributed by atoms with E-state index in [0.717, 1.165) is 44.5 Å². The van der Waals surface area contributed by atoms with Crippen LogP contribution in [0.5, 0.6) is 0 Å². The maximum Gasteiger partial charge on any atom is 0.237 e. The molecule has 0 aliphatic carbocycles. The van der Waals surface area contributed by atoms with E-state index in [-0.39, 0.29) is 24.5 Å². The Bertz CT molecular complexity index is 740. The molecule has 2 aliphatic heterocycles. The number of nitrogens with zero attached hydrogens (tertiary/aromatic N) is 2. The molecule has 2 heterocycles. The Balaban J connectivity index is 1.54. The fourth-order valence-corrected chi connectivity index (χ4v) is 4.12. The van der Waals surface area contributed by atoms with Crippen LogP contribution in [0.15, 0.2) is 24.3 Å². The van der Waals surface area contributed by atoms with Crippen LogP contribution in [0.4, 0.5) is 0 Å². The molecule has 0 aromatic heterocycles. The third-order valence-corrected chi connectivity index (χ3v) is 5.68. The summed E-state index contributed by atoms with van der Waals surface area (Å²) in [5.74, 6) is 5.17.